The molecule has 5 heteroatoms. The molecule has 23 heavy (non-hydrogen) atoms. The standard InChI is InChI=1S/C18H26N2O2S/c1-2-13-22-16-11-9-14(10-12-16)17(21)20-18(23)19-15-7-5-3-4-6-8-15/h9-12,15H,2-8,13H2,1H3,(H2,19,20,21,23). The maximum atomic E-state index is 12.2. The molecular weight excluding hydrogens is 308 g/mol. The van der Waals surface area contributed by atoms with Crippen molar-refractivity contribution in [2.24, 2.45) is 0 Å². The number of amides is 1. The van der Waals surface area contributed by atoms with E-state index < -0.39 is 0 Å². The normalized spacial score (nSPS) is 15.5. The molecule has 4 nitrogen and oxygen atoms in total. The van der Waals surface area contributed by atoms with Gasteiger partial charge in [0.15, 0.2) is 5.11 Å². The Morgan fingerprint density at radius 2 is 1.83 bits per heavy atom. The van der Waals surface area contributed by atoms with E-state index in [1.807, 2.05) is 12.1 Å². The fourth-order valence-electron chi connectivity index (χ4n) is 2.74. The second kappa shape index (κ2) is 9.50. The molecule has 0 aliphatic heterocycles. The maximum Gasteiger partial charge on any atom is 0.257 e. The third-order valence-corrected chi connectivity index (χ3v) is 4.23. The molecular formula is C18H26N2O2S. The van der Waals surface area contributed by atoms with Gasteiger partial charge in [-0.05, 0) is 55.7 Å². The Labute approximate surface area is 144 Å². The number of hydrogen-bond donors (Lipinski definition) is 2. The van der Waals surface area contributed by atoms with E-state index in [-0.39, 0.29) is 5.91 Å². The minimum Gasteiger partial charge on any atom is -0.494 e. The molecule has 1 aromatic rings. The number of ether oxygens (including phenoxy) is 1. The molecule has 1 aromatic carbocycles. The first-order chi connectivity index (χ1) is 11.2. The van der Waals surface area contributed by atoms with Crippen LogP contribution in [0.15, 0.2) is 24.3 Å². The van der Waals surface area contributed by atoms with Crippen molar-refractivity contribution in [1.82, 2.24) is 10.6 Å². The van der Waals surface area contributed by atoms with Gasteiger partial charge in [0.1, 0.15) is 5.75 Å². The van der Waals surface area contributed by atoms with Crippen LogP contribution in [-0.2, 0) is 0 Å². The minimum atomic E-state index is -0.182. The monoisotopic (exact) mass is 334 g/mol. The van der Waals surface area contributed by atoms with Crippen LogP contribution in [0.5, 0.6) is 5.75 Å². The van der Waals surface area contributed by atoms with Gasteiger partial charge in [0, 0.05) is 11.6 Å². The lowest BCUT2D eigenvalue weighted by Crippen LogP contribution is -2.44. The van der Waals surface area contributed by atoms with E-state index in [9.17, 15) is 4.79 Å². The number of carbonyl (C=O) groups is 1. The van der Waals surface area contributed by atoms with Crippen molar-refractivity contribution in [3.63, 3.8) is 0 Å². The molecule has 0 radical (unpaired) electrons. The van der Waals surface area contributed by atoms with E-state index in [1.165, 1.54) is 25.7 Å². The highest BCUT2D eigenvalue weighted by molar-refractivity contribution is 7.80. The van der Waals surface area contributed by atoms with Crippen molar-refractivity contribution in [3.8, 4) is 5.75 Å². The number of thiocarbonyl (C=S) groups is 1. The molecule has 1 aliphatic rings. The smallest absolute Gasteiger partial charge is 0.257 e. The van der Waals surface area contributed by atoms with E-state index in [0.717, 1.165) is 25.0 Å². The molecule has 0 saturated heterocycles. The van der Waals surface area contributed by atoms with E-state index in [2.05, 4.69) is 17.6 Å². The summed E-state index contributed by atoms with van der Waals surface area (Å²) in [7, 11) is 0. The van der Waals surface area contributed by atoms with Gasteiger partial charge in [0.2, 0.25) is 0 Å². The Hall–Kier alpha value is -1.62. The summed E-state index contributed by atoms with van der Waals surface area (Å²) in [5.74, 6) is 0.598. The molecule has 2 N–H and O–H groups in total. The molecule has 0 spiro atoms. The highest BCUT2D eigenvalue weighted by Gasteiger charge is 2.14. The fraction of sp³-hybridized carbons (Fsp3) is 0.556. The van der Waals surface area contributed by atoms with Crippen LogP contribution in [0.1, 0.15) is 62.2 Å². The van der Waals surface area contributed by atoms with Gasteiger partial charge in [-0.3, -0.25) is 10.1 Å². The van der Waals surface area contributed by atoms with E-state index in [1.54, 1.807) is 12.1 Å². The molecule has 1 aliphatic carbocycles. The molecule has 1 fully saturated rings. The highest BCUT2D eigenvalue weighted by Crippen LogP contribution is 2.17. The third-order valence-electron chi connectivity index (χ3n) is 4.01. The van der Waals surface area contributed by atoms with Gasteiger partial charge in [-0.1, -0.05) is 32.6 Å². The Bertz CT molecular complexity index is 508. The van der Waals surface area contributed by atoms with Crippen molar-refractivity contribution in [2.45, 2.75) is 57.9 Å². The second-order valence-corrected chi connectivity index (χ2v) is 6.40. The lowest BCUT2D eigenvalue weighted by atomic mass is 10.1. The third kappa shape index (κ3) is 6.18. The van der Waals surface area contributed by atoms with Crippen LogP contribution in [0.3, 0.4) is 0 Å². The van der Waals surface area contributed by atoms with Gasteiger partial charge < -0.3 is 10.1 Å². The predicted molar refractivity (Wildman–Crippen MR) is 96.9 cm³/mol. The lowest BCUT2D eigenvalue weighted by molar-refractivity contribution is 0.0976. The zero-order valence-electron chi connectivity index (χ0n) is 13.8. The second-order valence-electron chi connectivity index (χ2n) is 5.99. The summed E-state index contributed by atoms with van der Waals surface area (Å²) in [5, 5.41) is 6.47. The van der Waals surface area contributed by atoms with Gasteiger partial charge in [-0.2, -0.15) is 0 Å². The Morgan fingerprint density at radius 1 is 1.17 bits per heavy atom. The van der Waals surface area contributed by atoms with Crippen LogP contribution in [0.25, 0.3) is 0 Å². The number of nitrogens with one attached hydrogen (secondary N) is 2. The van der Waals surface area contributed by atoms with Gasteiger partial charge >= 0.3 is 0 Å². The van der Waals surface area contributed by atoms with Crippen LogP contribution in [0, 0.1) is 0 Å². The van der Waals surface area contributed by atoms with Crippen molar-refractivity contribution in [2.75, 3.05) is 6.61 Å². The molecule has 0 aromatic heterocycles. The molecule has 0 bridgehead atoms. The molecule has 0 unspecified atom stereocenters. The zero-order chi connectivity index (χ0) is 16.5. The van der Waals surface area contributed by atoms with Crippen molar-refractivity contribution >= 4 is 23.2 Å². The van der Waals surface area contributed by atoms with E-state index in [4.69, 9.17) is 17.0 Å². The average Bonchev–Trinajstić information content (AvgIpc) is 2.82. The van der Waals surface area contributed by atoms with Gasteiger partial charge in [0.05, 0.1) is 6.61 Å². The Kier molecular flexibility index (Phi) is 7.33. The van der Waals surface area contributed by atoms with E-state index in [0.29, 0.717) is 23.3 Å². The molecule has 0 atom stereocenters. The molecule has 0 heterocycles. The van der Waals surface area contributed by atoms with Crippen LogP contribution in [0.2, 0.25) is 0 Å². The molecule has 2 rings (SSSR count). The number of carbonyl (C=O) groups excluding carboxylic acids is 1. The van der Waals surface area contributed by atoms with E-state index >= 15 is 0 Å². The number of hydrogen-bond acceptors (Lipinski definition) is 3. The van der Waals surface area contributed by atoms with Gasteiger partial charge in [-0.15, -0.1) is 0 Å². The Balaban J connectivity index is 1.81. The summed E-state index contributed by atoms with van der Waals surface area (Å²) < 4.78 is 5.51. The summed E-state index contributed by atoms with van der Waals surface area (Å²) in [5.41, 5.74) is 0.582. The Morgan fingerprint density at radius 3 is 2.43 bits per heavy atom. The summed E-state index contributed by atoms with van der Waals surface area (Å²) >= 11 is 5.27. The zero-order valence-corrected chi connectivity index (χ0v) is 14.6. The van der Waals surface area contributed by atoms with Crippen LogP contribution in [0.4, 0.5) is 0 Å². The summed E-state index contributed by atoms with van der Waals surface area (Å²) in [6, 6.07) is 7.53. The summed E-state index contributed by atoms with van der Waals surface area (Å²) in [6.07, 6.45) is 8.26. The quantitative estimate of drug-likeness (QED) is 0.635. The van der Waals surface area contributed by atoms with Crippen LogP contribution in [-0.4, -0.2) is 23.7 Å². The maximum absolute atomic E-state index is 12.2. The molecule has 126 valence electrons. The van der Waals surface area contributed by atoms with Crippen LogP contribution >= 0.6 is 12.2 Å². The first-order valence-corrected chi connectivity index (χ1v) is 8.94. The SMILES string of the molecule is CCCOc1ccc(C(=O)NC(=S)NC2CCCCCC2)cc1. The lowest BCUT2D eigenvalue weighted by Gasteiger charge is -2.18. The van der Waals surface area contributed by atoms with Crippen molar-refractivity contribution in [1.29, 1.82) is 0 Å². The number of benzene rings is 1. The molecule has 1 amide bonds. The topological polar surface area (TPSA) is 50.4 Å². The highest BCUT2D eigenvalue weighted by atomic mass is 32.1. The van der Waals surface area contributed by atoms with Crippen molar-refractivity contribution < 1.29 is 9.53 Å². The van der Waals surface area contributed by atoms with Crippen LogP contribution < -0.4 is 15.4 Å². The number of rotatable bonds is 5. The summed E-state index contributed by atoms with van der Waals surface area (Å²) in [6.45, 7) is 2.74. The fourth-order valence-corrected chi connectivity index (χ4v) is 3.00. The average molecular weight is 334 g/mol. The molecule has 1 saturated carbocycles. The first kappa shape index (κ1) is 17.7. The van der Waals surface area contributed by atoms with Crippen molar-refractivity contribution in [3.05, 3.63) is 29.8 Å². The van der Waals surface area contributed by atoms with Gasteiger partial charge in [0.25, 0.3) is 5.91 Å². The largest absolute Gasteiger partial charge is 0.494 e. The predicted octanol–water partition coefficient (Wildman–Crippen LogP) is 3.80. The minimum absolute atomic E-state index is 0.182. The van der Waals surface area contributed by atoms with Gasteiger partial charge in [-0.25, -0.2) is 0 Å². The summed E-state index contributed by atoms with van der Waals surface area (Å²) in [4.78, 5) is 12.2. The first-order valence-electron chi connectivity index (χ1n) is 8.53.